The van der Waals surface area contributed by atoms with Gasteiger partial charge in [-0.25, -0.2) is 4.98 Å². The molecule has 2 aliphatic heterocycles. The Labute approximate surface area is 138 Å². The molecule has 0 saturated carbocycles. The molecular formula is C18H15N5O. The maximum Gasteiger partial charge on any atom is 0.162 e. The lowest BCUT2D eigenvalue weighted by atomic mass is 9.83. The Bertz CT molecular complexity index is 979. The van der Waals surface area contributed by atoms with Crippen molar-refractivity contribution < 1.29 is 5.11 Å². The van der Waals surface area contributed by atoms with Gasteiger partial charge in [-0.1, -0.05) is 24.3 Å². The monoisotopic (exact) mass is 317 g/mol. The van der Waals surface area contributed by atoms with E-state index < -0.39 is 6.10 Å². The molecule has 1 N–H and O–H groups in total. The quantitative estimate of drug-likeness (QED) is 0.746. The van der Waals surface area contributed by atoms with Gasteiger partial charge in [0, 0.05) is 24.1 Å². The minimum atomic E-state index is -0.653. The molecule has 3 atom stereocenters. The molecule has 24 heavy (non-hydrogen) atoms. The van der Waals surface area contributed by atoms with Gasteiger partial charge >= 0.3 is 0 Å². The maximum absolute atomic E-state index is 11.0. The Hall–Kier alpha value is -2.91. The van der Waals surface area contributed by atoms with Crippen LogP contribution in [0.1, 0.15) is 35.5 Å². The summed E-state index contributed by atoms with van der Waals surface area (Å²) < 4.78 is 3.92. The largest absolute Gasteiger partial charge is 0.386 e. The molecule has 6 heteroatoms. The molecule has 0 spiro atoms. The van der Waals surface area contributed by atoms with Crippen LogP contribution in [0.3, 0.4) is 0 Å². The third-order valence-corrected chi connectivity index (χ3v) is 5.24. The summed E-state index contributed by atoms with van der Waals surface area (Å²) in [7, 11) is 0. The molecular weight excluding hydrogens is 302 g/mol. The zero-order valence-electron chi connectivity index (χ0n) is 12.9. The first-order valence-electron chi connectivity index (χ1n) is 8.05. The molecule has 0 radical (unpaired) electrons. The zero-order chi connectivity index (χ0) is 16.3. The summed E-state index contributed by atoms with van der Waals surface area (Å²) in [6.45, 7) is 0.710. The Balaban J connectivity index is 1.62. The SMILES string of the molecule is N#Cc1cc2n(n1)CCC(C1c3ccccc3-c3cncn31)C2O. The van der Waals surface area contributed by atoms with Crippen molar-refractivity contribution in [1.29, 1.82) is 5.26 Å². The van der Waals surface area contributed by atoms with Gasteiger partial charge < -0.3 is 9.67 Å². The summed E-state index contributed by atoms with van der Waals surface area (Å²) in [5.41, 5.74) is 4.60. The number of nitriles is 1. The topological polar surface area (TPSA) is 79.7 Å². The Morgan fingerprint density at radius 1 is 1.29 bits per heavy atom. The number of fused-ring (bicyclic) bond motifs is 4. The number of aryl methyl sites for hydroxylation is 1. The van der Waals surface area contributed by atoms with E-state index in [-0.39, 0.29) is 12.0 Å². The van der Waals surface area contributed by atoms with Crippen LogP contribution >= 0.6 is 0 Å². The third kappa shape index (κ3) is 1.67. The predicted molar refractivity (Wildman–Crippen MR) is 85.8 cm³/mol. The van der Waals surface area contributed by atoms with Crippen LogP contribution in [0.4, 0.5) is 0 Å². The molecule has 3 aromatic rings. The van der Waals surface area contributed by atoms with Crippen LogP contribution in [0, 0.1) is 17.2 Å². The first-order chi connectivity index (χ1) is 11.8. The molecule has 2 aliphatic rings. The number of aliphatic hydroxyl groups excluding tert-OH is 1. The van der Waals surface area contributed by atoms with Crippen molar-refractivity contribution >= 4 is 0 Å². The highest BCUT2D eigenvalue weighted by Gasteiger charge is 2.41. The second kappa shape index (κ2) is 4.79. The van der Waals surface area contributed by atoms with E-state index in [9.17, 15) is 5.11 Å². The third-order valence-electron chi connectivity index (χ3n) is 5.24. The highest BCUT2D eigenvalue weighted by Crippen LogP contribution is 2.48. The van der Waals surface area contributed by atoms with Gasteiger partial charge in [-0.05, 0) is 12.0 Å². The number of benzene rings is 1. The molecule has 0 fully saturated rings. The van der Waals surface area contributed by atoms with E-state index in [1.54, 1.807) is 10.7 Å². The minimum absolute atomic E-state index is 0.0253. The summed E-state index contributed by atoms with van der Waals surface area (Å²) in [6.07, 6.45) is 3.88. The van der Waals surface area contributed by atoms with Crippen LogP contribution in [-0.2, 0) is 6.54 Å². The lowest BCUT2D eigenvalue weighted by molar-refractivity contribution is 0.0525. The molecule has 118 valence electrons. The molecule has 0 saturated heterocycles. The number of hydrogen-bond donors (Lipinski definition) is 1. The van der Waals surface area contributed by atoms with E-state index >= 15 is 0 Å². The van der Waals surface area contributed by atoms with Gasteiger partial charge in [0.15, 0.2) is 5.69 Å². The van der Waals surface area contributed by atoms with E-state index in [4.69, 9.17) is 5.26 Å². The first-order valence-corrected chi connectivity index (χ1v) is 8.05. The zero-order valence-corrected chi connectivity index (χ0v) is 12.9. The van der Waals surface area contributed by atoms with E-state index in [1.165, 1.54) is 11.1 Å². The number of aromatic nitrogens is 4. The Morgan fingerprint density at radius 2 is 2.17 bits per heavy atom. The average Bonchev–Trinajstić information content (AvgIpc) is 3.29. The summed E-state index contributed by atoms with van der Waals surface area (Å²) in [5.74, 6) is 0.0253. The van der Waals surface area contributed by atoms with E-state index in [0.29, 0.717) is 12.2 Å². The molecule has 3 unspecified atom stereocenters. The van der Waals surface area contributed by atoms with Gasteiger partial charge in [0.25, 0.3) is 0 Å². The Morgan fingerprint density at radius 3 is 3.04 bits per heavy atom. The van der Waals surface area contributed by atoms with E-state index in [0.717, 1.165) is 17.8 Å². The van der Waals surface area contributed by atoms with Gasteiger partial charge in [0.2, 0.25) is 0 Å². The van der Waals surface area contributed by atoms with E-state index in [2.05, 4.69) is 32.9 Å². The molecule has 0 bridgehead atoms. The predicted octanol–water partition coefficient (Wildman–Crippen LogP) is 2.27. The van der Waals surface area contributed by atoms with Gasteiger partial charge in [-0.2, -0.15) is 10.4 Å². The number of aliphatic hydroxyl groups is 1. The minimum Gasteiger partial charge on any atom is -0.386 e. The van der Waals surface area contributed by atoms with Crippen LogP contribution in [0.25, 0.3) is 11.3 Å². The molecule has 2 aromatic heterocycles. The van der Waals surface area contributed by atoms with Crippen molar-refractivity contribution in [1.82, 2.24) is 19.3 Å². The van der Waals surface area contributed by atoms with Crippen LogP contribution in [0.2, 0.25) is 0 Å². The molecule has 0 aliphatic carbocycles. The number of imidazole rings is 1. The van der Waals surface area contributed by atoms with Crippen molar-refractivity contribution in [2.75, 3.05) is 0 Å². The van der Waals surface area contributed by atoms with Crippen LogP contribution in [-0.4, -0.2) is 24.4 Å². The van der Waals surface area contributed by atoms with E-state index in [1.807, 2.05) is 24.7 Å². The van der Waals surface area contributed by atoms with Crippen molar-refractivity contribution in [2.45, 2.75) is 25.1 Å². The Kier molecular flexibility index (Phi) is 2.70. The first kappa shape index (κ1) is 13.5. The van der Waals surface area contributed by atoms with Gasteiger partial charge in [0.05, 0.1) is 30.0 Å². The summed E-state index contributed by atoms with van der Waals surface area (Å²) in [4.78, 5) is 4.30. The summed E-state index contributed by atoms with van der Waals surface area (Å²) >= 11 is 0. The highest BCUT2D eigenvalue weighted by molar-refractivity contribution is 5.69. The smallest absolute Gasteiger partial charge is 0.162 e. The molecule has 4 heterocycles. The second-order valence-corrected chi connectivity index (χ2v) is 6.40. The fourth-order valence-electron chi connectivity index (χ4n) is 4.19. The fraction of sp³-hybridized carbons (Fsp3) is 0.278. The van der Waals surface area contributed by atoms with Gasteiger partial charge in [-0.3, -0.25) is 4.68 Å². The van der Waals surface area contributed by atoms with Crippen LogP contribution < -0.4 is 0 Å². The number of rotatable bonds is 1. The van der Waals surface area contributed by atoms with Crippen molar-refractivity contribution in [2.24, 2.45) is 5.92 Å². The summed E-state index contributed by atoms with van der Waals surface area (Å²) in [6, 6.07) is 12.1. The molecule has 6 nitrogen and oxygen atoms in total. The number of nitrogens with zero attached hydrogens (tertiary/aromatic N) is 5. The lowest BCUT2D eigenvalue weighted by Gasteiger charge is -2.34. The maximum atomic E-state index is 11.0. The molecule has 1 aromatic carbocycles. The summed E-state index contributed by atoms with van der Waals surface area (Å²) in [5, 5.41) is 24.3. The van der Waals surface area contributed by atoms with Crippen LogP contribution in [0.5, 0.6) is 0 Å². The highest BCUT2D eigenvalue weighted by atomic mass is 16.3. The van der Waals surface area contributed by atoms with Gasteiger partial charge in [0.1, 0.15) is 12.2 Å². The molecule has 5 rings (SSSR count). The standard InChI is InChI=1S/C18H15N5O/c19-8-11-7-15-18(24)14(5-6-23(15)21-11)17-13-4-2-1-3-12(13)16-9-20-10-22(16)17/h1-4,7,9-10,14,17-18,24H,5-6H2. The molecule has 0 amide bonds. The lowest BCUT2D eigenvalue weighted by Crippen LogP contribution is -2.31. The van der Waals surface area contributed by atoms with Crippen molar-refractivity contribution in [3.63, 3.8) is 0 Å². The van der Waals surface area contributed by atoms with Crippen LogP contribution in [0.15, 0.2) is 42.9 Å². The number of hydrogen-bond acceptors (Lipinski definition) is 4. The second-order valence-electron chi connectivity index (χ2n) is 6.40. The van der Waals surface area contributed by atoms with Crippen molar-refractivity contribution in [3.8, 4) is 17.3 Å². The normalized spacial score (nSPS) is 24.1. The fourth-order valence-corrected chi connectivity index (χ4v) is 4.19. The van der Waals surface area contributed by atoms with Crippen molar-refractivity contribution in [3.05, 3.63) is 59.8 Å². The average molecular weight is 317 g/mol. The van der Waals surface area contributed by atoms with Gasteiger partial charge in [-0.15, -0.1) is 0 Å².